The molecule has 1 N–H and O–H groups in total. The quantitative estimate of drug-likeness (QED) is 0.551. The Balaban J connectivity index is 1.74. The van der Waals surface area contributed by atoms with E-state index in [-0.39, 0.29) is 0 Å². The van der Waals surface area contributed by atoms with Gasteiger partial charge in [0.15, 0.2) is 0 Å². The Morgan fingerprint density at radius 3 is 2.47 bits per heavy atom. The summed E-state index contributed by atoms with van der Waals surface area (Å²) in [5.74, 6) is 0.623. The van der Waals surface area contributed by atoms with Crippen LogP contribution in [0.2, 0.25) is 0 Å². The molecule has 0 bridgehead atoms. The lowest BCUT2D eigenvalue weighted by atomic mass is 9.85. The molecule has 174 valence electrons. The minimum atomic E-state index is -0.774. The molecule has 6 nitrogen and oxygen atoms in total. The topological polar surface area (TPSA) is 69.6 Å². The van der Waals surface area contributed by atoms with Crippen LogP contribution in [0.15, 0.2) is 35.1 Å². The summed E-state index contributed by atoms with van der Waals surface area (Å²) in [5, 5.41) is 9.51. The summed E-state index contributed by atoms with van der Waals surface area (Å²) in [4.78, 5) is 25.5. The van der Waals surface area contributed by atoms with E-state index < -0.39 is 11.4 Å². The fourth-order valence-electron chi connectivity index (χ4n) is 4.51. The average Bonchev–Trinajstić information content (AvgIpc) is 2.67. The first kappa shape index (κ1) is 24.6. The number of carboxylic acids is 1. The third-order valence-corrected chi connectivity index (χ3v) is 6.41. The lowest BCUT2D eigenvalue weighted by Gasteiger charge is -2.42. The van der Waals surface area contributed by atoms with Gasteiger partial charge in [-0.25, -0.2) is 9.97 Å². The zero-order valence-electron chi connectivity index (χ0n) is 19.8. The van der Waals surface area contributed by atoms with Gasteiger partial charge in [0.25, 0.3) is 0 Å². The Hall–Kier alpha value is -1.99. The molecule has 0 saturated carbocycles. The summed E-state index contributed by atoms with van der Waals surface area (Å²) in [6.45, 7) is 13.8. The van der Waals surface area contributed by atoms with Crippen molar-refractivity contribution < 1.29 is 9.90 Å². The van der Waals surface area contributed by atoms with Crippen molar-refractivity contribution >= 4 is 27.8 Å². The van der Waals surface area contributed by atoms with Gasteiger partial charge in [-0.2, -0.15) is 0 Å². The Morgan fingerprint density at radius 2 is 1.84 bits per heavy atom. The van der Waals surface area contributed by atoms with Crippen LogP contribution >= 0.6 is 15.9 Å². The summed E-state index contributed by atoms with van der Waals surface area (Å²) in [5.41, 5.74) is 2.74. The molecule has 2 aromatic rings. The molecule has 0 unspecified atom stereocenters. The lowest BCUT2D eigenvalue weighted by molar-refractivity contribution is -0.146. The maximum Gasteiger partial charge on any atom is 0.309 e. The van der Waals surface area contributed by atoms with Crippen molar-refractivity contribution in [2.24, 2.45) is 11.3 Å². The number of aryl methyl sites for hydroxylation is 1. The van der Waals surface area contributed by atoms with Crippen LogP contribution in [0.4, 0.5) is 5.95 Å². The van der Waals surface area contributed by atoms with Gasteiger partial charge >= 0.3 is 5.97 Å². The van der Waals surface area contributed by atoms with E-state index in [1.165, 1.54) is 11.1 Å². The molecule has 0 amide bonds. The first-order chi connectivity index (χ1) is 15.0. The van der Waals surface area contributed by atoms with Gasteiger partial charge in [0.2, 0.25) is 5.95 Å². The second-order valence-electron chi connectivity index (χ2n) is 10.1. The van der Waals surface area contributed by atoms with Crippen LogP contribution in [0.1, 0.15) is 50.8 Å². The van der Waals surface area contributed by atoms with E-state index in [0.29, 0.717) is 18.4 Å². The highest BCUT2D eigenvalue weighted by Crippen LogP contribution is 2.26. The van der Waals surface area contributed by atoms with E-state index in [0.717, 1.165) is 48.6 Å². The number of hydrogen-bond acceptors (Lipinski definition) is 5. The summed E-state index contributed by atoms with van der Waals surface area (Å²) >= 11 is 3.42. The number of anilines is 1. The number of rotatable bonds is 8. The van der Waals surface area contributed by atoms with Crippen LogP contribution in [0.3, 0.4) is 0 Å². The van der Waals surface area contributed by atoms with Gasteiger partial charge in [0.05, 0.1) is 9.89 Å². The summed E-state index contributed by atoms with van der Waals surface area (Å²) in [6.07, 6.45) is 5.24. The minimum Gasteiger partial charge on any atom is -0.481 e. The van der Waals surface area contributed by atoms with E-state index >= 15 is 0 Å². The van der Waals surface area contributed by atoms with Gasteiger partial charge in [-0.05, 0) is 66.6 Å². The monoisotopic (exact) mass is 502 g/mol. The van der Waals surface area contributed by atoms with Crippen molar-refractivity contribution in [2.75, 3.05) is 24.5 Å². The Morgan fingerprint density at radius 1 is 1.19 bits per heavy atom. The largest absolute Gasteiger partial charge is 0.481 e. The molecular weight excluding hydrogens is 468 g/mol. The van der Waals surface area contributed by atoms with Crippen molar-refractivity contribution in [2.45, 2.75) is 60.0 Å². The highest BCUT2D eigenvalue weighted by atomic mass is 79.9. The van der Waals surface area contributed by atoms with Gasteiger partial charge in [-0.3, -0.25) is 9.69 Å². The molecule has 0 aliphatic carbocycles. The molecule has 1 atom stereocenters. The predicted molar refractivity (Wildman–Crippen MR) is 132 cm³/mol. The van der Waals surface area contributed by atoms with Crippen molar-refractivity contribution in [3.8, 4) is 0 Å². The second-order valence-corrected chi connectivity index (χ2v) is 11.0. The number of aromatic nitrogens is 2. The second kappa shape index (κ2) is 10.3. The van der Waals surface area contributed by atoms with Crippen LogP contribution < -0.4 is 4.90 Å². The van der Waals surface area contributed by atoms with Crippen molar-refractivity contribution in [3.05, 3.63) is 51.8 Å². The molecule has 1 aliphatic rings. The predicted octanol–water partition coefficient (Wildman–Crippen LogP) is 4.94. The van der Waals surface area contributed by atoms with E-state index in [1.54, 1.807) is 13.8 Å². The fraction of sp³-hybridized carbons (Fsp3) is 0.560. The zero-order chi connectivity index (χ0) is 23.5. The van der Waals surface area contributed by atoms with Crippen LogP contribution in [-0.2, 0) is 17.8 Å². The zero-order valence-corrected chi connectivity index (χ0v) is 21.4. The van der Waals surface area contributed by atoms with Gasteiger partial charge in [-0.15, -0.1) is 0 Å². The summed E-state index contributed by atoms with van der Waals surface area (Å²) in [7, 11) is 0. The van der Waals surface area contributed by atoms with Crippen LogP contribution in [0, 0.1) is 18.3 Å². The molecule has 3 rings (SSSR count). The van der Waals surface area contributed by atoms with Crippen LogP contribution in [0.5, 0.6) is 0 Å². The van der Waals surface area contributed by atoms with Crippen molar-refractivity contribution in [3.63, 3.8) is 0 Å². The maximum absolute atomic E-state index is 11.6. The normalized spacial score (nSPS) is 17.7. The van der Waals surface area contributed by atoms with E-state index in [9.17, 15) is 9.90 Å². The maximum atomic E-state index is 11.6. The van der Waals surface area contributed by atoms with E-state index in [4.69, 9.17) is 0 Å². The molecule has 32 heavy (non-hydrogen) atoms. The molecule has 1 saturated heterocycles. The Kier molecular flexibility index (Phi) is 7.93. The third-order valence-electron chi connectivity index (χ3n) is 6.00. The molecule has 0 radical (unpaired) electrons. The number of halogens is 1. The summed E-state index contributed by atoms with van der Waals surface area (Å²) in [6, 6.07) is 6.87. The van der Waals surface area contributed by atoms with Gasteiger partial charge in [-0.1, -0.05) is 37.6 Å². The van der Waals surface area contributed by atoms with Crippen molar-refractivity contribution in [1.82, 2.24) is 14.9 Å². The number of aliphatic carboxylic acids is 1. The lowest BCUT2D eigenvalue weighted by Crippen LogP contribution is -2.54. The molecule has 1 aromatic carbocycles. The molecule has 1 fully saturated rings. The Labute approximate surface area is 200 Å². The smallest absolute Gasteiger partial charge is 0.309 e. The molecule has 0 spiro atoms. The standard InChI is InChI=1S/C25H35BrN4O2/c1-17(2)8-22-16-29(6-7-30(22)24-27-13-21(26)14-28-24)15-20-10-18(3)9-19(11-20)12-25(4,5)23(31)32/h9-11,13-14,17,22H,6-8,12,15-16H2,1-5H3,(H,31,32)/t22-/m1/s1. The van der Waals surface area contributed by atoms with Gasteiger partial charge in [0.1, 0.15) is 0 Å². The van der Waals surface area contributed by atoms with Gasteiger partial charge < -0.3 is 10.0 Å². The highest BCUT2D eigenvalue weighted by Gasteiger charge is 2.30. The number of carbonyl (C=O) groups is 1. The molecule has 1 aromatic heterocycles. The number of carboxylic acid groups (broad SMARTS) is 1. The van der Waals surface area contributed by atoms with Crippen LogP contribution in [0.25, 0.3) is 0 Å². The fourth-order valence-corrected chi connectivity index (χ4v) is 4.72. The van der Waals surface area contributed by atoms with E-state index in [1.807, 2.05) is 12.4 Å². The van der Waals surface area contributed by atoms with Crippen LogP contribution in [-0.4, -0.2) is 51.6 Å². The molecule has 1 aliphatic heterocycles. The van der Waals surface area contributed by atoms with Gasteiger partial charge in [0, 0.05) is 44.6 Å². The number of piperazine rings is 1. The summed E-state index contributed by atoms with van der Waals surface area (Å²) < 4.78 is 0.890. The molecule has 2 heterocycles. The Bertz CT molecular complexity index is 930. The average molecular weight is 503 g/mol. The molecule has 7 heteroatoms. The molecular formula is C25H35BrN4O2. The first-order valence-electron chi connectivity index (χ1n) is 11.3. The SMILES string of the molecule is Cc1cc(CN2CCN(c3ncc(Br)cn3)[C@H](CC(C)C)C2)cc(CC(C)(C)C(=O)O)c1. The van der Waals surface area contributed by atoms with E-state index in [2.05, 4.69) is 74.7 Å². The highest BCUT2D eigenvalue weighted by molar-refractivity contribution is 9.10. The number of benzene rings is 1. The number of nitrogens with zero attached hydrogens (tertiary/aromatic N) is 4. The minimum absolute atomic E-state index is 0.361. The third kappa shape index (κ3) is 6.51. The first-order valence-corrected chi connectivity index (χ1v) is 12.1. The van der Waals surface area contributed by atoms with Crippen molar-refractivity contribution in [1.29, 1.82) is 0 Å². The number of hydrogen-bond donors (Lipinski definition) is 1.